The lowest BCUT2D eigenvalue weighted by molar-refractivity contribution is -0.130. The van der Waals surface area contributed by atoms with Crippen LogP contribution in [-0.2, 0) is 23.7 Å². The van der Waals surface area contributed by atoms with Gasteiger partial charge in [0.15, 0.2) is 0 Å². The smallest absolute Gasteiger partial charge is 0.146 e. The van der Waals surface area contributed by atoms with Crippen LogP contribution in [0.25, 0.3) is 0 Å². The van der Waals surface area contributed by atoms with Gasteiger partial charge in [-0.3, -0.25) is 4.79 Å². The largest absolute Gasteiger partial charge is 0.359 e. The molecule has 0 saturated carbocycles. The van der Waals surface area contributed by atoms with Crippen molar-refractivity contribution in [3.05, 3.63) is 12.7 Å². The van der Waals surface area contributed by atoms with Crippen molar-refractivity contribution in [2.45, 2.75) is 38.4 Å². The molecule has 5 heteroatoms. The van der Waals surface area contributed by atoms with Crippen molar-refractivity contribution in [1.29, 1.82) is 0 Å². The van der Waals surface area contributed by atoms with Gasteiger partial charge in [0.25, 0.3) is 0 Å². The van der Waals surface area contributed by atoms with Crippen molar-refractivity contribution in [1.82, 2.24) is 0 Å². The summed E-state index contributed by atoms with van der Waals surface area (Å²) in [4.78, 5) is 11.8. The molecule has 106 valence electrons. The Bertz CT molecular complexity index is 229. The molecule has 0 fully saturated rings. The van der Waals surface area contributed by atoms with Crippen molar-refractivity contribution in [3.8, 4) is 0 Å². The summed E-state index contributed by atoms with van der Waals surface area (Å²) in [5.41, 5.74) is 0. The lowest BCUT2D eigenvalue weighted by atomic mass is 10.1. The molecule has 0 aliphatic carbocycles. The third-order valence-corrected chi connectivity index (χ3v) is 2.29. The van der Waals surface area contributed by atoms with Gasteiger partial charge in [0.1, 0.15) is 19.4 Å². The summed E-state index contributed by atoms with van der Waals surface area (Å²) in [6, 6.07) is 0. The lowest BCUT2D eigenvalue weighted by Crippen LogP contribution is -2.22. The number of carbonyl (C=O) groups excluding carboxylic acids is 1. The maximum absolute atomic E-state index is 11.8. The molecule has 2 atom stereocenters. The minimum atomic E-state index is -0.176. The molecule has 0 aromatic rings. The number of ketones is 1. The van der Waals surface area contributed by atoms with E-state index in [0.717, 1.165) is 0 Å². The molecule has 0 spiro atoms. The molecule has 18 heavy (non-hydrogen) atoms. The number of methoxy groups -OCH3 is 2. The molecule has 0 N–H and O–H groups in total. The molecule has 0 unspecified atom stereocenters. The topological polar surface area (TPSA) is 54.0 Å². The van der Waals surface area contributed by atoms with Crippen LogP contribution in [0.15, 0.2) is 12.7 Å². The standard InChI is InChI=1S/C13H24O5/c1-5-6-13(18-10-16-4)8-12(14)7-11(2)17-9-15-3/h5,11,13H,1,6-10H2,2-4H3/t11-,13+/m1/s1. The zero-order chi connectivity index (χ0) is 13.8. The average Bonchev–Trinajstić information content (AvgIpc) is 2.33. The molecule has 0 saturated heterocycles. The van der Waals surface area contributed by atoms with Gasteiger partial charge in [-0.15, -0.1) is 6.58 Å². The first-order chi connectivity index (χ1) is 8.63. The Morgan fingerprint density at radius 2 is 1.78 bits per heavy atom. The number of Topliss-reactive ketones (excluding diaryl/α,β-unsaturated/α-hetero) is 1. The molecular formula is C13H24O5. The van der Waals surface area contributed by atoms with Crippen LogP contribution in [-0.4, -0.2) is 45.8 Å². The van der Waals surface area contributed by atoms with Gasteiger partial charge < -0.3 is 18.9 Å². The quantitative estimate of drug-likeness (QED) is 0.396. The first kappa shape index (κ1) is 17.2. The van der Waals surface area contributed by atoms with Crippen LogP contribution in [0.1, 0.15) is 26.2 Å². The Hall–Kier alpha value is -0.750. The number of carbonyl (C=O) groups is 1. The van der Waals surface area contributed by atoms with Crippen LogP contribution in [0.5, 0.6) is 0 Å². The van der Waals surface area contributed by atoms with E-state index >= 15 is 0 Å². The summed E-state index contributed by atoms with van der Waals surface area (Å²) in [5, 5.41) is 0. The van der Waals surface area contributed by atoms with E-state index in [1.165, 1.54) is 0 Å². The maximum atomic E-state index is 11.8. The monoisotopic (exact) mass is 260 g/mol. The molecule has 0 heterocycles. The summed E-state index contributed by atoms with van der Waals surface area (Å²) in [5.74, 6) is 0.0987. The Labute approximate surface area is 109 Å². The van der Waals surface area contributed by atoms with E-state index in [9.17, 15) is 4.79 Å². The predicted octanol–water partition coefficient (Wildman–Crippen LogP) is 1.91. The second kappa shape index (κ2) is 11.3. The fourth-order valence-corrected chi connectivity index (χ4v) is 1.46. The van der Waals surface area contributed by atoms with E-state index in [1.54, 1.807) is 20.3 Å². The summed E-state index contributed by atoms with van der Waals surface area (Å²) in [6.45, 7) is 5.87. The van der Waals surface area contributed by atoms with Gasteiger partial charge in [-0.2, -0.15) is 0 Å². The molecule has 0 rings (SSSR count). The Morgan fingerprint density at radius 3 is 2.33 bits per heavy atom. The zero-order valence-electron chi connectivity index (χ0n) is 11.5. The summed E-state index contributed by atoms with van der Waals surface area (Å²) in [7, 11) is 3.10. The number of rotatable bonds is 12. The maximum Gasteiger partial charge on any atom is 0.146 e. The van der Waals surface area contributed by atoms with Crippen LogP contribution < -0.4 is 0 Å². The fraction of sp³-hybridized carbons (Fsp3) is 0.769. The second-order valence-corrected chi connectivity index (χ2v) is 4.05. The molecule has 0 aromatic carbocycles. The minimum absolute atomic E-state index is 0.0987. The van der Waals surface area contributed by atoms with Crippen LogP contribution in [0, 0.1) is 0 Å². The number of ether oxygens (including phenoxy) is 4. The van der Waals surface area contributed by atoms with Crippen LogP contribution >= 0.6 is 0 Å². The molecule has 0 bridgehead atoms. The number of hydrogen-bond acceptors (Lipinski definition) is 5. The predicted molar refractivity (Wildman–Crippen MR) is 68.2 cm³/mol. The van der Waals surface area contributed by atoms with E-state index in [2.05, 4.69) is 6.58 Å². The minimum Gasteiger partial charge on any atom is -0.359 e. The first-order valence-electron chi connectivity index (χ1n) is 5.97. The highest BCUT2D eigenvalue weighted by atomic mass is 16.7. The molecule has 0 aliphatic rings. The summed E-state index contributed by atoms with van der Waals surface area (Å²) < 4.78 is 20.2. The zero-order valence-corrected chi connectivity index (χ0v) is 11.5. The van der Waals surface area contributed by atoms with E-state index in [4.69, 9.17) is 18.9 Å². The van der Waals surface area contributed by atoms with Crippen molar-refractivity contribution in [2.24, 2.45) is 0 Å². The summed E-state index contributed by atoms with van der Waals surface area (Å²) >= 11 is 0. The molecule has 0 aromatic heterocycles. The van der Waals surface area contributed by atoms with E-state index < -0.39 is 0 Å². The fourth-order valence-electron chi connectivity index (χ4n) is 1.46. The van der Waals surface area contributed by atoms with Gasteiger partial charge in [-0.25, -0.2) is 0 Å². The third kappa shape index (κ3) is 9.30. The van der Waals surface area contributed by atoms with Gasteiger partial charge in [0.2, 0.25) is 0 Å². The first-order valence-corrected chi connectivity index (χ1v) is 5.97. The van der Waals surface area contributed by atoms with Gasteiger partial charge in [-0.05, 0) is 13.3 Å². The van der Waals surface area contributed by atoms with Gasteiger partial charge in [0.05, 0.1) is 12.2 Å². The van der Waals surface area contributed by atoms with Crippen LogP contribution in [0.2, 0.25) is 0 Å². The van der Waals surface area contributed by atoms with Gasteiger partial charge >= 0.3 is 0 Å². The SMILES string of the molecule is C=CC[C@@H](CC(=O)C[C@@H](C)OCOC)OCOC. The average molecular weight is 260 g/mol. The van der Waals surface area contributed by atoms with Gasteiger partial charge in [-0.1, -0.05) is 6.08 Å². The lowest BCUT2D eigenvalue weighted by Gasteiger charge is -2.16. The molecule has 0 aliphatic heterocycles. The number of hydrogen-bond donors (Lipinski definition) is 0. The molecule has 0 radical (unpaired) electrons. The van der Waals surface area contributed by atoms with Crippen molar-refractivity contribution in [3.63, 3.8) is 0 Å². The molecule has 5 nitrogen and oxygen atoms in total. The Balaban J connectivity index is 3.95. The van der Waals surface area contributed by atoms with Crippen molar-refractivity contribution >= 4 is 5.78 Å². The Morgan fingerprint density at radius 1 is 1.17 bits per heavy atom. The van der Waals surface area contributed by atoms with Crippen molar-refractivity contribution in [2.75, 3.05) is 27.8 Å². The van der Waals surface area contributed by atoms with E-state index in [0.29, 0.717) is 19.3 Å². The second-order valence-electron chi connectivity index (χ2n) is 4.05. The molecular weight excluding hydrogens is 236 g/mol. The van der Waals surface area contributed by atoms with Crippen LogP contribution in [0.3, 0.4) is 0 Å². The van der Waals surface area contributed by atoms with E-state index in [-0.39, 0.29) is 31.6 Å². The Kier molecular flexibility index (Phi) is 10.9. The highest BCUT2D eigenvalue weighted by Crippen LogP contribution is 2.09. The third-order valence-electron chi connectivity index (χ3n) is 2.29. The summed E-state index contributed by atoms with van der Waals surface area (Å²) in [6.07, 6.45) is 2.73. The highest BCUT2D eigenvalue weighted by molar-refractivity contribution is 5.79. The highest BCUT2D eigenvalue weighted by Gasteiger charge is 2.16. The van der Waals surface area contributed by atoms with Crippen LogP contribution in [0.4, 0.5) is 0 Å². The molecule has 0 amide bonds. The van der Waals surface area contributed by atoms with Crippen molar-refractivity contribution < 1.29 is 23.7 Å². The van der Waals surface area contributed by atoms with E-state index in [1.807, 2.05) is 6.92 Å². The van der Waals surface area contributed by atoms with Gasteiger partial charge in [0, 0.05) is 27.1 Å². The normalized spacial score (nSPS) is 14.2.